The molecule has 0 saturated carbocycles. The summed E-state index contributed by atoms with van der Waals surface area (Å²) in [5.74, 6) is 1.35. The monoisotopic (exact) mass is 454 g/mol. The Morgan fingerprint density at radius 3 is 2.41 bits per heavy atom. The average molecular weight is 455 g/mol. The Balaban J connectivity index is 1.57. The number of carbonyl (C=O) groups is 1. The van der Waals surface area contributed by atoms with Crippen LogP contribution in [0.5, 0.6) is 5.75 Å². The van der Waals surface area contributed by atoms with E-state index in [-0.39, 0.29) is 17.4 Å². The van der Waals surface area contributed by atoms with Gasteiger partial charge in [-0.1, -0.05) is 56.6 Å². The number of nitrogens with zero attached hydrogens (tertiary/aromatic N) is 2. The molecule has 0 radical (unpaired) electrons. The maximum absolute atomic E-state index is 12.4. The summed E-state index contributed by atoms with van der Waals surface area (Å²) < 4.78 is 7.68. The van der Waals surface area contributed by atoms with Crippen molar-refractivity contribution in [3.05, 3.63) is 70.6 Å². The van der Waals surface area contributed by atoms with E-state index in [1.165, 1.54) is 0 Å². The topological polar surface area (TPSA) is 68.2 Å². The van der Waals surface area contributed by atoms with E-state index in [1.54, 1.807) is 18.2 Å². The van der Waals surface area contributed by atoms with Crippen LogP contribution in [0.3, 0.4) is 0 Å². The number of ether oxygens (including phenoxy) is 1. The maximum atomic E-state index is 12.4. The van der Waals surface area contributed by atoms with Gasteiger partial charge in [0, 0.05) is 36.3 Å². The van der Waals surface area contributed by atoms with E-state index in [0.717, 1.165) is 22.6 Å². The fraction of sp³-hybridized carbons (Fsp3) is 0.360. The number of halogens is 1. The van der Waals surface area contributed by atoms with Gasteiger partial charge in [0.15, 0.2) is 0 Å². The first-order valence-corrected chi connectivity index (χ1v) is 11.0. The number of benzene rings is 2. The molecule has 6 nitrogen and oxygen atoms in total. The van der Waals surface area contributed by atoms with Crippen molar-refractivity contribution in [2.45, 2.75) is 52.7 Å². The molecule has 1 heterocycles. The number of hydrazine groups is 1. The molecule has 170 valence electrons. The smallest absolute Gasteiger partial charge is 0.265 e. The number of hydrogen-bond donors (Lipinski definition) is 2. The molecule has 7 heteroatoms. The van der Waals surface area contributed by atoms with E-state index >= 15 is 0 Å². The highest BCUT2D eigenvalue weighted by Crippen LogP contribution is 2.27. The Hall–Kier alpha value is -2.83. The van der Waals surface area contributed by atoms with Gasteiger partial charge in [-0.3, -0.25) is 10.2 Å². The standard InChI is InChI=1S/C25H31ClN4O2/c1-16(2)32-22-12-11-19(13-20(22)26)23(31)29-27-14-17-7-9-18(10-8-17)21-15-30(6)24(28-21)25(3,4)5/h7-13,15-16,27H,14H2,1-6H3,(H,29,31). The third-order valence-electron chi connectivity index (χ3n) is 4.85. The Morgan fingerprint density at radius 1 is 1.16 bits per heavy atom. The molecule has 0 bridgehead atoms. The van der Waals surface area contributed by atoms with Crippen molar-refractivity contribution in [1.82, 2.24) is 20.4 Å². The summed E-state index contributed by atoms with van der Waals surface area (Å²) in [7, 11) is 2.02. The van der Waals surface area contributed by atoms with Crippen molar-refractivity contribution in [3.63, 3.8) is 0 Å². The van der Waals surface area contributed by atoms with Crippen LogP contribution in [0.15, 0.2) is 48.7 Å². The summed E-state index contributed by atoms with van der Waals surface area (Å²) in [6.07, 6.45) is 2.06. The number of amides is 1. The van der Waals surface area contributed by atoms with Crippen LogP contribution in [0.25, 0.3) is 11.3 Å². The van der Waals surface area contributed by atoms with Crippen molar-refractivity contribution in [3.8, 4) is 17.0 Å². The van der Waals surface area contributed by atoms with Gasteiger partial charge in [0.2, 0.25) is 0 Å². The van der Waals surface area contributed by atoms with Gasteiger partial charge in [-0.15, -0.1) is 0 Å². The molecule has 3 aromatic rings. The number of rotatable bonds is 7. The SMILES string of the molecule is CC(C)Oc1ccc(C(=O)NNCc2ccc(-c3cn(C)c(C(C)(C)C)n3)cc2)cc1Cl. The summed E-state index contributed by atoms with van der Waals surface area (Å²) in [5.41, 5.74) is 9.16. The summed E-state index contributed by atoms with van der Waals surface area (Å²) in [6.45, 7) is 10.8. The molecule has 3 rings (SSSR count). The highest BCUT2D eigenvalue weighted by molar-refractivity contribution is 6.32. The normalized spacial score (nSPS) is 11.6. The van der Waals surface area contributed by atoms with Gasteiger partial charge in [0.05, 0.1) is 16.8 Å². The minimum Gasteiger partial charge on any atom is -0.489 e. The largest absolute Gasteiger partial charge is 0.489 e. The van der Waals surface area contributed by atoms with Gasteiger partial charge in [-0.2, -0.15) is 0 Å². The molecular weight excluding hydrogens is 424 g/mol. The average Bonchev–Trinajstić information content (AvgIpc) is 3.12. The number of nitrogens with one attached hydrogen (secondary N) is 2. The zero-order valence-corrected chi connectivity index (χ0v) is 20.2. The van der Waals surface area contributed by atoms with Crippen molar-refractivity contribution < 1.29 is 9.53 Å². The van der Waals surface area contributed by atoms with E-state index in [9.17, 15) is 4.79 Å². The Kier molecular flexibility index (Phi) is 7.26. The molecule has 0 aliphatic carbocycles. The molecule has 0 fully saturated rings. The molecule has 0 spiro atoms. The lowest BCUT2D eigenvalue weighted by atomic mass is 9.96. The summed E-state index contributed by atoms with van der Waals surface area (Å²) in [5, 5.41) is 0.408. The van der Waals surface area contributed by atoms with Gasteiger partial charge in [-0.05, 0) is 37.6 Å². The Bertz CT molecular complexity index is 1080. The fourth-order valence-corrected chi connectivity index (χ4v) is 3.61. The fourth-order valence-electron chi connectivity index (χ4n) is 3.39. The number of carbonyl (C=O) groups excluding carboxylic acids is 1. The molecule has 2 aromatic carbocycles. The lowest BCUT2D eigenvalue weighted by Crippen LogP contribution is -2.36. The Morgan fingerprint density at radius 2 is 1.84 bits per heavy atom. The van der Waals surface area contributed by atoms with Crippen LogP contribution in [0, 0.1) is 0 Å². The molecule has 1 aromatic heterocycles. The molecule has 0 saturated heterocycles. The quantitative estimate of drug-likeness (QED) is 0.478. The lowest BCUT2D eigenvalue weighted by Gasteiger charge is -2.17. The zero-order valence-electron chi connectivity index (χ0n) is 19.5. The van der Waals surface area contributed by atoms with Gasteiger partial charge < -0.3 is 9.30 Å². The number of hydrogen-bond acceptors (Lipinski definition) is 4. The Labute approximate surface area is 194 Å². The number of aromatic nitrogens is 2. The van der Waals surface area contributed by atoms with Crippen LogP contribution in [0.4, 0.5) is 0 Å². The van der Waals surface area contributed by atoms with Crippen LogP contribution < -0.4 is 15.6 Å². The minimum atomic E-state index is -0.261. The highest BCUT2D eigenvalue weighted by atomic mass is 35.5. The second-order valence-corrected chi connectivity index (χ2v) is 9.53. The van der Waals surface area contributed by atoms with E-state index < -0.39 is 0 Å². The first-order chi connectivity index (χ1) is 15.0. The second kappa shape index (κ2) is 9.76. The zero-order chi connectivity index (χ0) is 23.5. The molecule has 32 heavy (non-hydrogen) atoms. The van der Waals surface area contributed by atoms with Crippen LogP contribution in [0.1, 0.15) is 56.4 Å². The van der Waals surface area contributed by atoms with Gasteiger partial charge in [0.25, 0.3) is 5.91 Å². The van der Waals surface area contributed by atoms with Gasteiger partial charge in [-0.25, -0.2) is 10.4 Å². The van der Waals surface area contributed by atoms with E-state index in [1.807, 2.05) is 45.2 Å². The summed E-state index contributed by atoms with van der Waals surface area (Å²) in [4.78, 5) is 17.2. The van der Waals surface area contributed by atoms with Gasteiger partial charge in [0.1, 0.15) is 11.6 Å². The van der Waals surface area contributed by atoms with Crippen LogP contribution >= 0.6 is 11.6 Å². The van der Waals surface area contributed by atoms with E-state index in [2.05, 4.69) is 42.4 Å². The molecule has 1 amide bonds. The minimum absolute atomic E-state index is 0.0124. The van der Waals surface area contributed by atoms with E-state index in [4.69, 9.17) is 21.3 Å². The highest BCUT2D eigenvalue weighted by Gasteiger charge is 2.20. The molecule has 0 unspecified atom stereocenters. The first kappa shape index (κ1) is 23.8. The third-order valence-corrected chi connectivity index (χ3v) is 5.14. The third kappa shape index (κ3) is 5.90. The molecular formula is C25H31ClN4O2. The molecule has 0 aliphatic rings. The van der Waals surface area contributed by atoms with Crippen LogP contribution in [0.2, 0.25) is 5.02 Å². The van der Waals surface area contributed by atoms with Crippen molar-refractivity contribution in [2.75, 3.05) is 0 Å². The summed E-state index contributed by atoms with van der Waals surface area (Å²) in [6, 6.07) is 13.1. The molecule has 0 aliphatic heterocycles. The van der Waals surface area contributed by atoms with E-state index in [0.29, 0.717) is 22.9 Å². The number of imidazole rings is 1. The predicted molar refractivity (Wildman–Crippen MR) is 129 cm³/mol. The van der Waals surface area contributed by atoms with Crippen LogP contribution in [-0.4, -0.2) is 21.6 Å². The molecule has 2 N–H and O–H groups in total. The van der Waals surface area contributed by atoms with Gasteiger partial charge >= 0.3 is 0 Å². The second-order valence-electron chi connectivity index (χ2n) is 9.13. The lowest BCUT2D eigenvalue weighted by molar-refractivity contribution is 0.0932. The predicted octanol–water partition coefficient (Wildman–Crippen LogP) is 5.26. The number of aryl methyl sites for hydroxylation is 1. The van der Waals surface area contributed by atoms with Crippen LogP contribution in [-0.2, 0) is 19.0 Å². The summed E-state index contributed by atoms with van der Waals surface area (Å²) >= 11 is 6.22. The van der Waals surface area contributed by atoms with Crippen molar-refractivity contribution in [1.29, 1.82) is 0 Å². The first-order valence-electron chi connectivity index (χ1n) is 10.7. The van der Waals surface area contributed by atoms with Crippen molar-refractivity contribution >= 4 is 17.5 Å². The maximum Gasteiger partial charge on any atom is 0.265 e. The molecule has 0 atom stereocenters. The van der Waals surface area contributed by atoms with Crippen molar-refractivity contribution in [2.24, 2.45) is 7.05 Å².